The maximum absolute atomic E-state index is 14.1. The summed E-state index contributed by atoms with van der Waals surface area (Å²) >= 11 is 0. The Hall–Kier alpha value is -2.62. The smallest absolute Gasteiger partial charge is 0.259 e. The van der Waals surface area contributed by atoms with Crippen LogP contribution in [0.5, 0.6) is 0 Å². The molecule has 0 bridgehead atoms. The number of halogens is 4. The van der Waals surface area contributed by atoms with Crippen LogP contribution in [0.25, 0.3) is 22.3 Å². The molecule has 5 aromatic rings. The fraction of sp³-hybridized carbons (Fsp3) is 0. The van der Waals surface area contributed by atoms with Gasteiger partial charge >= 0.3 is 34.1 Å². The molecule has 0 saturated heterocycles. The summed E-state index contributed by atoms with van der Waals surface area (Å²) < 4.78 is 56.3. The van der Waals surface area contributed by atoms with Crippen LogP contribution in [0, 0.1) is 23.3 Å². The van der Waals surface area contributed by atoms with E-state index in [0.29, 0.717) is 0 Å². The zero-order chi connectivity index (χ0) is 21.3. The van der Waals surface area contributed by atoms with E-state index in [1.165, 1.54) is 48.5 Å². The summed E-state index contributed by atoms with van der Waals surface area (Å²) in [6.07, 6.45) is 0. The molecule has 0 unspecified atom stereocenters. The Bertz CT molecular complexity index is 955. The molecule has 0 aromatic heterocycles. The second kappa shape index (κ2) is 13.7. The van der Waals surface area contributed by atoms with Gasteiger partial charge in [-0.05, 0) is 0 Å². The van der Waals surface area contributed by atoms with Gasteiger partial charge in [0.15, 0.2) is 0 Å². The monoisotopic (exact) mass is 518 g/mol. The van der Waals surface area contributed by atoms with E-state index < -0.39 is 34.4 Å². The van der Waals surface area contributed by atoms with E-state index in [4.69, 9.17) is 0 Å². The molecular weight excluding hydrogens is 500 g/mol. The summed E-state index contributed by atoms with van der Waals surface area (Å²) in [6, 6.07) is 31.7. The minimum absolute atomic E-state index is 0. The summed E-state index contributed by atoms with van der Waals surface area (Å²) in [4.78, 5) is 0. The second-order valence-corrected chi connectivity index (χ2v) is 6.28. The summed E-state index contributed by atoms with van der Waals surface area (Å²) in [7, 11) is 0. The van der Waals surface area contributed by atoms with E-state index in [1.54, 1.807) is 0 Å². The summed E-state index contributed by atoms with van der Waals surface area (Å²) in [5.74, 6) is -5.53. The molecule has 0 atom stereocenters. The first kappa shape index (κ1) is 27.4. The number of hydrogen-bond donors (Lipinski definition) is 0. The zero-order valence-electron chi connectivity index (χ0n) is 16.6. The number of rotatable bonds is 2. The molecule has 0 aliphatic heterocycles. The van der Waals surface area contributed by atoms with Crippen LogP contribution in [0.15, 0.2) is 109 Å². The molecule has 0 aliphatic rings. The minimum Gasteiger partial charge on any atom is -0.259 e. The molecule has 0 N–H and O–H groups in total. The van der Waals surface area contributed by atoms with Gasteiger partial charge in [-0.1, -0.05) is 22.3 Å². The molecule has 6 heteroatoms. The Balaban J connectivity index is 0.000000353. The van der Waals surface area contributed by atoms with Crippen molar-refractivity contribution in [1.29, 1.82) is 0 Å². The average molecular weight is 518 g/mol. The molecule has 32 heavy (non-hydrogen) atoms. The van der Waals surface area contributed by atoms with Crippen molar-refractivity contribution < 1.29 is 51.7 Å². The van der Waals surface area contributed by atoms with Crippen LogP contribution < -0.4 is 0 Å². The minimum atomic E-state index is -1.38. The van der Waals surface area contributed by atoms with E-state index in [9.17, 15) is 17.6 Å². The van der Waals surface area contributed by atoms with Crippen molar-refractivity contribution in [2.24, 2.45) is 0 Å². The van der Waals surface area contributed by atoms with Crippen molar-refractivity contribution in [1.82, 2.24) is 0 Å². The van der Waals surface area contributed by atoms with Gasteiger partial charge in [-0.3, -0.25) is 17.6 Å². The van der Waals surface area contributed by atoms with Crippen LogP contribution in [0.3, 0.4) is 0 Å². The van der Waals surface area contributed by atoms with Crippen molar-refractivity contribution in [2.75, 3.05) is 0 Å². The van der Waals surface area contributed by atoms with Crippen molar-refractivity contribution in [2.45, 2.75) is 0 Å². The predicted molar refractivity (Wildman–Crippen MR) is 112 cm³/mol. The Labute approximate surface area is 205 Å². The number of benzene rings is 1. The molecule has 0 spiro atoms. The van der Waals surface area contributed by atoms with Crippen LogP contribution >= 0.6 is 0 Å². The molecule has 5 rings (SSSR count). The summed E-state index contributed by atoms with van der Waals surface area (Å²) in [6.45, 7) is 0. The van der Waals surface area contributed by atoms with Gasteiger partial charge in [0.05, 0.1) is 23.3 Å². The molecule has 0 aliphatic carbocycles. The van der Waals surface area contributed by atoms with E-state index >= 15 is 0 Å². The van der Waals surface area contributed by atoms with Gasteiger partial charge in [-0.15, -0.1) is 24.3 Å². The Kier molecular flexibility index (Phi) is 11.8. The topological polar surface area (TPSA) is 0 Å². The molecular formula is C26H18F4Fe2. The van der Waals surface area contributed by atoms with Gasteiger partial charge in [-0.25, -0.2) is 24.3 Å². The van der Waals surface area contributed by atoms with E-state index in [2.05, 4.69) is 0 Å². The van der Waals surface area contributed by atoms with Gasteiger partial charge < -0.3 is 0 Å². The van der Waals surface area contributed by atoms with Crippen LogP contribution in [-0.4, -0.2) is 0 Å². The fourth-order valence-electron chi connectivity index (χ4n) is 2.86. The van der Waals surface area contributed by atoms with Crippen LogP contribution in [-0.2, 0) is 34.1 Å². The van der Waals surface area contributed by atoms with Gasteiger partial charge in [0, 0.05) is 0 Å². The van der Waals surface area contributed by atoms with Gasteiger partial charge in [0.1, 0.15) is 0 Å². The zero-order valence-corrected chi connectivity index (χ0v) is 18.8. The Morgan fingerprint density at radius 2 is 0.688 bits per heavy atom. The second-order valence-electron chi connectivity index (χ2n) is 6.28. The standard InChI is InChI=1S/C16H8F4.2C5H5.2Fe/c17-13-11(9-5-1-2-6-9)14(18)16(20)12(15(13)19)10-7-3-4-8-10;2*1-2-4-5-3-1;;/h1-8H;2*1-5H;;/q-2;2*-1;2*+2. The van der Waals surface area contributed by atoms with Crippen molar-refractivity contribution in [3.05, 3.63) is 132 Å². The van der Waals surface area contributed by atoms with Crippen LogP contribution in [0.4, 0.5) is 17.6 Å². The van der Waals surface area contributed by atoms with Crippen LogP contribution in [0.2, 0.25) is 0 Å². The average Bonchev–Trinajstić information content (AvgIpc) is 3.55. The van der Waals surface area contributed by atoms with E-state index in [1.807, 2.05) is 60.7 Å². The molecule has 0 amide bonds. The summed E-state index contributed by atoms with van der Waals surface area (Å²) in [5, 5.41) is 0. The van der Waals surface area contributed by atoms with Gasteiger partial charge in [0.2, 0.25) is 0 Å². The molecule has 0 heterocycles. The third-order valence-electron chi connectivity index (χ3n) is 4.28. The molecule has 0 fully saturated rings. The Morgan fingerprint density at radius 1 is 0.438 bits per heavy atom. The third kappa shape index (κ3) is 6.69. The summed E-state index contributed by atoms with van der Waals surface area (Å²) in [5.41, 5.74) is -1.15. The normalized spacial score (nSPS) is 9.38. The first-order chi connectivity index (χ1) is 14.6. The number of hydrogen-bond acceptors (Lipinski definition) is 0. The van der Waals surface area contributed by atoms with Gasteiger partial charge in [0.25, 0.3) is 0 Å². The molecule has 0 saturated carbocycles. The fourth-order valence-corrected chi connectivity index (χ4v) is 2.86. The molecule has 0 radical (unpaired) electrons. The van der Waals surface area contributed by atoms with E-state index in [-0.39, 0.29) is 45.3 Å². The van der Waals surface area contributed by atoms with Crippen LogP contribution in [0.1, 0.15) is 0 Å². The quantitative estimate of drug-likeness (QED) is 0.0968. The SMILES string of the molecule is Fc1c(F)c(-[c-]2cccc2)c(F)c(F)c1-[c-]1cccc1.[Fe+2].[Fe+2].c1cc[cH-]c1.c1cc[cH-]c1. The molecule has 0 nitrogen and oxygen atoms in total. The maximum atomic E-state index is 14.1. The third-order valence-corrected chi connectivity index (χ3v) is 4.28. The first-order valence-corrected chi connectivity index (χ1v) is 9.24. The first-order valence-electron chi connectivity index (χ1n) is 9.24. The predicted octanol–water partition coefficient (Wildman–Crippen LogP) is 7.82. The van der Waals surface area contributed by atoms with Crippen molar-refractivity contribution >= 4 is 0 Å². The van der Waals surface area contributed by atoms with E-state index in [0.717, 1.165) is 0 Å². The van der Waals surface area contributed by atoms with Crippen molar-refractivity contribution in [3.63, 3.8) is 0 Å². The largest absolute Gasteiger partial charge is 2.00 e. The van der Waals surface area contributed by atoms with Gasteiger partial charge in [-0.2, -0.15) is 60.7 Å². The Morgan fingerprint density at radius 3 is 0.875 bits per heavy atom. The van der Waals surface area contributed by atoms with Crippen molar-refractivity contribution in [3.8, 4) is 22.3 Å². The maximum Gasteiger partial charge on any atom is 2.00 e. The molecule has 5 aromatic carbocycles. The molecule has 166 valence electrons.